The Morgan fingerprint density at radius 2 is 2.21 bits per heavy atom. The summed E-state index contributed by atoms with van der Waals surface area (Å²) >= 11 is 6.02. The summed E-state index contributed by atoms with van der Waals surface area (Å²) in [5.41, 5.74) is 0.885. The van der Waals surface area contributed by atoms with E-state index in [9.17, 15) is 4.79 Å². The normalized spacial score (nSPS) is 17.8. The van der Waals surface area contributed by atoms with Crippen molar-refractivity contribution in [1.82, 2.24) is 10.6 Å². The van der Waals surface area contributed by atoms with Crippen LogP contribution in [0, 0.1) is 0 Å². The Bertz CT molecular complexity index is 406. The molecule has 3 nitrogen and oxygen atoms in total. The first-order valence-electron chi connectivity index (χ1n) is 6.49. The summed E-state index contributed by atoms with van der Waals surface area (Å²) in [4.78, 5) is 11.7. The molecular formula is C14H20Cl2N2O. The van der Waals surface area contributed by atoms with E-state index < -0.39 is 0 Å². The summed E-state index contributed by atoms with van der Waals surface area (Å²) < 4.78 is 0. The molecule has 0 bridgehead atoms. The molecule has 1 aromatic rings. The molecule has 0 aromatic heterocycles. The lowest BCUT2D eigenvalue weighted by Gasteiger charge is -2.11. The van der Waals surface area contributed by atoms with Crippen LogP contribution in [0.4, 0.5) is 0 Å². The van der Waals surface area contributed by atoms with Gasteiger partial charge in [0.15, 0.2) is 0 Å². The van der Waals surface area contributed by atoms with E-state index in [0.717, 1.165) is 25.1 Å². The highest BCUT2D eigenvalue weighted by molar-refractivity contribution is 6.31. The lowest BCUT2D eigenvalue weighted by atomic mass is 10.1. The Hall–Kier alpha value is -0.770. The molecule has 1 saturated heterocycles. The summed E-state index contributed by atoms with van der Waals surface area (Å²) in [6, 6.07) is 8.05. The minimum Gasteiger partial charge on any atom is -0.356 e. The van der Waals surface area contributed by atoms with Gasteiger partial charge in [-0.1, -0.05) is 29.8 Å². The second kappa shape index (κ2) is 8.41. The fourth-order valence-corrected chi connectivity index (χ4v) is 2.47. The van der Waals surface area contributed by atoms with E-state index in [4.69, 9.17) is 11.6 Å². The zero-order valence-corrected chi connectivity index (χ0v) is 12.4. The highest BCUT2D eigenvalue weighted by Crippen LogP contribution is 2.15. The maximum Gasteiger partial charge on any atom is 0.224 e. The molecule has 2 N–H and O–H groups in total. The zero-order chi connectivity index (χ0) is 12.8. The second-order valence-corrected chi connectivity index (χ2v) is 5.11. The average molecular weight is 303 g/mol. The second-order valence-electron chi connectivity index (χ2n) is 4.70. The monoisotopic (exact) mass is 302 g/mol. The van der Waals surface area contributed by atoms with Crippen LogP contribution in [0.15, 0.2) is 24.3 Å². The predicted octanol–water partition coefficient (Wildman–Crippen LogP) is 2.56. The fourth-order valence-electron chi connectivity index (χ4n) is 2.27. The van der Waals surface area contributed by atoms with Gasteiger partial charge >= 0.3 is 0 Å². The molecule has 0 radical (unpaired) electrons. The van der Waals surface area contributed by atoms with Crippen molar-refractivity contribution in [2.24, 2.45) is 0 Å². The molecule has 0 saturated carbocycles. The van der Waals surface area contributed by atoms with Gasteiger partial charge in [0.05, 0.1) is 6.42 Å². The lowest BCUT2D eigenvalue weighted by Crippen LogP contribution is -2.31. The Morgan fingerprint density at radius 3 is 2.89 bits per heavy atom. The summed E-state index contributed by atoms with van der Waals surface area (Å²) in [5.74, 6) is 0.0427. The first-order chi connectivity index (χ1) is 8.75. The van der Waals surface area contributed by atoms with Crippen LogP contribution in [-0.2, 0) is 11.2 Å². The number of halogens is 2. The first-order valence-corrected chi connectivity index (χ1v) is 6.87. The molecule has 1 heterocycles. The molecule has 19 heavy (non-hydrogen) atoms. The third kappa shape index (κ3) is 5.39. The van der Waals surface area contributed by atoms with Gasteiger partial charge in [0.1, 0.15) is 0 Å². The van der Waals surface area contributed by atoms with E-state index in [1.54, 1.807) is 0 Å². The Kier molecular flexibility index (Phi) is 7.21. The van der Waals surface area contributed by atoms with Crippen molar-refractivity contribution in [3.8, 4) is 0 Å². The van der Waals surface area contributed by atoms with E-state index in [-0.39, 0.29) is 18.3 Å². The van der Waals surface area contributed by atoms with Crippen LogP contribution < -0.4 is 10.6 Å². The van der Waals surface area contributed by atoms with Crippen LogP contribution in [0.2, 0.25) is 5.02 Å². The standard InChI is InChI=1S/C14H19ClN2O.ClH/c15-13-6-2-1-4-11(13)10-14(18)17-9-7-12-5-3-8-16-12;/h1-2,4,6,12,16H,3,5,7-10H2,(H,17,18);1H/t12-;/m1./s1. The average Bonchev–Trinajstić information content (AvgIpc) is 2.85. The number of hydrogen-bond donors (Lipinski definition) is 2. The van der Waals surface area contributed by atoms with E-state index in [1.165, 1.54) is 12.8 Å². The third-order valence-corrected chi connectivity index (χ3v) is 3.65. The summed E-state index contributed by atoms with van der Waals surface area (Å²) in [6.45, 7) is 1.85. The fraction of sp³-hybridized carbons (Fsp3) is 0.500. The molecule has 106 valence electrons. The van der Waals surface area contributed by atoms with Crippen molar-refractivity contribution in [1.29, 1.82) is 0 Å². The number of carbonyl (C=O) groups excluding carboxylic acids is 1. The van der Waals surface area contributed by atoms with Gasteiger partial charge < -0.3 is 10.6 Å². The van der Waals surface area contributed by atoms with Crippen molar-refractivity contribution in [2.75, 3.05) is 13.1 Å². The number of hydrogen-bond acceptors (Lipinski definition) is 2. The number of rotatable bonds is 5. The van der Waals surface area contributed by atoms with Crippen LogP contribution in [0.5, 0.6) is 0 Å². The molecule has 1 fully saturated rings. The molecule has 1 aliphatic rings. The van der Waals surface area contributed by atoms with Crippen LogP contribution in [0.3, 0.4) is 0 Å². The molecule has 0 spiro atoms. The predicted molar refractivity (Wildman–Crippen MR) is 81.1 cm³/mol. The number of nitrogens with one attached hydrogen (secondary N) is 2. The third-order valence-electron chi connectivity index (χ3n) is 3.29. The molecule has 1 aromatic carbocycles. The van der Waals surface area contributed by atoms with Gasteiger partial charge in [-0.25, -0.2) is 0 Å². The van der Waals surface area contributed by atoms with Crippen molar-refractivity contribution >= 4 is 29.9 Å². The summed E-state index contributed by atoms with van der Waals surface area (Å²) in [6.07, 6.45) is 3.84. The minimum atomic E-state index is 0. The molecule has 1 aliphatic heterocycles. The van der Waals surface area contributed by atoms with Gasteiger partial charge in [0, 0.05) is 17.6 Å². The molecule has 0 aliphatic carbocycles. The van der Waals surface area contributed by atoms with Gasteiger partial charge in [0.2, 0.25) is 5.91 Å². The lowest BCUT2D eigenvalue weighted by molar-refractivity contribution is -0.120. The molecule has 1 atom stereocenters. The zero-order valence-electron chi connectivity index (χ0n) is 10.8. The first kappa shape index (κ1) is 16.3. The van der Waals surface area contributed by atoms with Crippen molar-refractivity contribution in [3.05, 3.63) is 34.9 Å². The smallest absolute Gasteiger partial charge is 0.224 e. The molecule has 1 amide bonds. The number of benzene rings is 1. The topological polar surface area (TPSA) is 41.1 Å². The van der Waals surface area contributed by atoms with Crippen LogP contribution >= 0.6 is 24.0 Å². The number of carbonyl (C=O) groups is 1. The largest absolute Gasteiger partial charge is 0.356 e. The molecule has 5 heteroatoms. The SMILES string of the molecule is Cl.O=C(Cc1ccccc1Cl)NCC[C@H]1CCCN1. The Balaban J connectivity index is 0.00000180. The molecule has 2 rings (SSSR count). The van der Waals surface area contributed by atoms with Crippen LogP contribution in [-0.4, -0.2) is 25.0 Å². The van der Waals surface area contributed by atoms with Crippen molar-refractivity contribution in [3.63, 3.8) is 0 Å². The van der Waals surface area contributed by atoms with Gasteiger partial charge in [-0.2, -0.15) is 0 Å². The van der Waals surface area contributed by atoms with Gasteiger partial charge in [-0.05, 0) is 37.4 Å². The number of amides is 1. The van der Waals surface area contributed by atoms with E-state index in [0.29, 0.717) is 17.5 Å². The molecule has 0 unspecified atom stereocenters. The summed E-state index contributed by atoms with van der Waals surface area (Å²) in [7, 11) is 0. The van der Waals surface area contributed by atoms with E-state index >= 15 is 0 Å². The highest BCUT2D eigenvalue weighted by Gasteiger charge is 2.13. The maximum absolute atomic E-state index is 11.7. The maximum atomic E-state index is 11.7. The Morgan fingerprint density at radius 1 is 1.42 bits per heavy atom. The van der Waals surface area contributed by atoms with Gasteiger partial charge in [-0.3, -0.25) is 4.79 Å². The Labute approximate surface area is 125 Å². The van der Waals surface area contributed by atoms with Crippen molar-refractivity contribution in [2.45, 2.75) is 31.7 Å². The minimum absolute atomic E-state index is 0. The van der Waals surface area contributed by atoms with E-state index in [1.807, 2.05) is 24.3 Å². The quantitative estimate of drug-likeness (QED) is 0.878. The highest BCUT2D eigenvalue weighted by atomic mass is 35.5. The molecular weight excluding hydrogens is 283 g/mol. The van der Waals surface area contributed by atoms with Gasteiger partial charge in [-0.15, -0.1) is 12.4 Å². The van der Waals surface area contributed by atoms with Gasteiger partial charge in [0.25, 0.3) is 0 Å². The van der Waals surface area contributed by atoms with E-state index in [2.05, 4.69) is 10.6 Å². The van der Waals surface area contributed by atoms with Crippen molar-refractivity contribution < 1.29 is 4.79 Å². The summed E-state index contributed by atoms with van der Waals surface area (Å²) in [5, 5.41) is 7.02. The van der Waals surface area contributed by atoms with Crippen LogP contribution in [0.1, 0.15) is 24.8 Å². The van der Waals surface area contributed by atoms with Crippen LogP contribution in [0.25, 0.3) is 0 Å².